The van der Waals surface area contributed by atoms with E-state index < -0.39 is 0 Å². The maximum Gasteiger partial charge on any atom is 0.261 e. The van der Waals surface area contributed by atoms with Crippen molar-refractivity contribution in [1.29, 1.82) is 0 Å². The Balaban J connectivity index is 1.79. The number of aliphatic imine (C=N–C) groups is 2. The number of nitrogens with zero attached hydrogens (tertiary/aromatic N) is 4. The van der Waals surface area contributed by atoms with Gasteiger partial charge in [0.2, 0.25) is 5.96 Å². The zero-order valence-electron chi connectivity index (χ0n) is 16.6. The molecule has 0 spiro atoms. The average Bonchev–Trinajstić information content (AvgIpc) is 2.75. The molecular formula is C19H23Cl2N9O. The van der Waals surface area contributed by atoms with Gasteiger partial charge >= 0.3 is 0 Å². The Kier molecular flexibility index (Phi) is 8.01. The molecule has 0 unspecified atom stereocenters. The lowest BCUT2D eigenvalue weighted by atomic mass is 10.0. The third-order valence-electron chi connectivity index (χ3n) is 4.50. The number of ether oxygens (including phenoxy) is 1. The lowest BCUT2D eigenvalue weighted by Crippen LogP contribution is -2.34. The maximum absolute atomic E-state index is 6.48. The highest BCUT2D eigenvalue weighted by molar-refractivity contribution is 6.39. The number of piperidine rings is 1. The van der Waals surface area contributed by atoms with Crippen LogP contribution in [0.3, 0.4) is 0 Å². The lowest BCUT2D eigenvalue weighted by Gasteiger charge is -2.23. The van der Waals surface area contributed by atoms with Crippen LogP contribution in [0.1, 0.15) is 12.8 Å². The minimum atomic E-state index is -0.139. The van der Waals surface area contributed by atoms with Crippen LogP contribution in [-0.2, 0) is 0 Å². The summed E-state index contributed by atoms with van der Waals surface area (Å²) in [5.41, 5.74) is 9.90. The molecular weight excluding hydrogens is 441 g/mol. The SMILES string of the molecule is NN=NC(=NC(N)=Nc1cc(Cl)c(-c2ccc(OC3CCNCC3)cc2)c(Cl)c1)NN. The molecule has 1 saturated heterocycles. The average molecular weight is 464 g/mol. The summed E-state index contributed by atoms with van der Waals surface area (Å²) in [5, 5.41) is 10.7. The molecule has 31 heavy (non-hydrogen) atoms. The van der Waals surface area contributed by atoms with Gasteiger partial charge < -0.3 is 21.6 Å². The number of hydrazine groups is 1. The Labute approximate surface area is 189 Å². The first-order valence-electron chi connectivity index (χ1n) is 9.47. The summed E-state index contributed by atoms with van der Waals surface area (Å²) in [6, 6.07) is 10.9. The number of hydrogen-bond donors (Lipinski definition) is 5. The van der Waals surface area contributed by atoms with Crippen molar-refractivity contribution in [3.63, 3.8) is 0 Å². The first-order chi connectivity index (χ1) is 15.0. The van der Waals surface area contributed by atoms with E-state index in [2.05, 4.69) is 31.1 Å². The van der Waals surface area contributed by atoms with Gasteiger partial charge in [-0.25, -0.2) is 10.8 Å². The number of nitrogens with one attached hydrogen (secondary N) is 2. The molecule has 1 fully saturated rings. The van der Waals surface area contributed by atoms with Crippen LogP contribution in [0.2, 0.25) is 10.0 Å². The van der Waals surface area contributed by atoms with Gasteiger partial charge in [-0.05, 0) is 55.8 Å². The normalized spacial score (nSPS) is 16.0. The van der Waals surface area contributed by atoms with Crippen LogP contribution in [0.15, 0.2) is 56.7 Å². The fraction of sp³-hybridized carbons (Fsp3) is 0.263. The third-order valence-corrected chi connectivity index (χ3v) is 5.10. The van der Waals surface area contributed by atoms with Crippen molar-refractivity contribution in [2.24, 2.45) is 37.7 Å². The fourth-order valence-electron chi connectivity index (χ4n) is 3.11. The number of nitrogens with two attached hydrogens (primary N) is 3. The quantitative estimate of drug-likeness (QED) is 0.154. The highest BCUT2D eigenvalue weighted by Crippen LogP contribution is 2.38. The molecule has 10 nitrogen and oxygen atoms in total. The summed E-state index contributed by atoms with van der Waals surface area (Å²) >= 11 is 13.0. The molecule has 12 heteroatoms. The summed E-state index contributed by atoms with van der Waals surface area (Å²) in [4.78, 5) is 7.98. The summed E-state index contributed by atoms with van der Waals surface area (Å²) in [7, 11) is 0. The summed E-state index contributed by atoms with van der Waals surface area (Å²) in [5.74, 6) is 10.8. The molecule has 3 rings (SSSR count). The van der Waals surface area contributed by atoms with E-state index in [1.165, 1.54) is 0 Å². The van der Waals surface area contributed by atoms with Crippen LogP contribution in [0.4, 0.5) is 5.69 Å². The van der Waals surface area contributed by atoms with Crippen LogP contribution < -0.4 is 32.9 Å². The van der Waals surface area contributed by atoms with Gasteiger partial charge in [0.25, 0.3) is 5.96 Å². The van der Waals surface area contributed by atoms with Gasteiger partial charge in [0, 0.05) is 5.56 Å². The van der Waals surface area contributed by atoms with Gasteiger partial charge in [0.05, 0.1) is 15.7 Å². The highest BCUT2D eigenvalue weighted by atomic mass is 35.5. The second-order valence-corrected chi connectivity index (χ2v) is 7.46. The van der Waals surface area contributed by atoms with E-state index in [4.69, 9.17) is 45.4 Å². The largest absolute Gasteiger partial charge is 0.490 e. The van der Waals surface area contributed by atoms with Crippen molar-refractivity contribution < 1.29 is 4.74 Å². The fourth-order valence-corrected chi connectivity index (χ4v) is 3.80. The van der Waals surface area contributed by atoms with Gasteiger partial charge in [-0.3, -0.25) is 5.43 Å². The molecule has 0 amide bonds. The number of hydrogen-bond acceptors (Lipinski definition) is 5. The molecule has 0 bridgehead atoms. The van der Waals surface area contributed by atoms with Crippen molar-refractivity contribution in [3.8, 4) is 16.9 Å². The standard InChI is InChI=1S/C19H23Cl2N9O/c20-15-9-12(26-18(22)27-19(28-23)29-30-24)10-16(21)17(15)11-1-3-13(4-2-11)31-14-5-7-25-8-6-14/h1-4,9-10,14,25H,5-8,23H2,(H5,22,24,26,27,28,29). The minimum absolute atomic E-state index is 0.107. The maximum atomic E-state index is 6.48. The number of halogens is 2. The molecule has 164 valence electrons. The van der Waals surface area contributed by atoms with E-state index >= 15 is 0 Å². The van der Waals surface area contributed by atoms with E-state index in [-0.39, 0.29) is 18.0 Å². The Morgan fingerprint density at radius 2 is 1.74 bits per heavy atom. The Bertz CT molecular complexity index is 963. The van der Waals surface area contributed by atoms with Crippen molar-refractivity contribution in [1.82, 2.24) is 10.7 Å². The van der Waals surface area contributed by atoms with Crippen molar-refractivity contribution in [2.75, 3.05) is 13.1 Å². The summed E-state index contributed by atoms with van der Waals surface area (Å²) in [6.07, 6.45) is 2.21. The van der Waals surface area contributed by atoms with E-state index in [1.54, 1.807) is 12.1 Å². The smallest absolute Gasteiger partial charge is 0.261 e. The van der Waals surface area contributed by atoms with E-state index in [0.717, 1.165) is 37.2 Å². The monoisotopic (exact) mass is 463 g/mol. The van der Waals surface area contributed by atoms with Crippen LogP contribution in [0.25, 0.3) is 11.1 Å². The molecule has 0 aliphatic carbocycles. The second-order valence-electron chi connectivity index (χ2n) is 6.64. The topological polar surface area (TPSA) is 161 Å². The summed E-state index contributed by atoms with van der Waals surface area (Å²) in [6.45, 7) is 1.94. The predicted octanol–water partition coefficient (Wildman–Crippen LogP) is 2.88. The zero-order valence-corrected chi connectivity index (χ0v) is 18.1. The van der Waals surface area contributed by atoms with Gasteiger partial charge in [-0.2, -0.15) is 4.99 Å². The van der Waals surface area contributed by atoms with Crippen LogP contribution in [0, 0.1) is 0 Å². The van der Waals surface area contributed by atoms with Crippen molar-refractivity contribution >= 4 is 40.8 Å². The van der Waals surface area contributed by atoms with Crippen LogP contribution in [0.5, 0.6) is 5.75 Å². The molecule has 0 radical (unpaired) electrons. The van der Waals surface area contributed by atoms with E-state index in [0.29, 0.717) is 21.3 Å². The highest BCUT2D eigenvalue weighted by Gasteiger charge is 2.15. The molecule has 0 saturated carbocycles. The Morgan fingerprint density at radius 1 is 1.10 bits per heavy atom. The zero-order chi connectivity index (χ0) is 22.2. The third kappa shape index (κ3) is 6.28. The second kappa shape index (κ2) is 10.9. The van der Waals surface area contributed by atoms with Gasteiger partial charge in [0.15, 0.2) is 0 Å². The van der Waals surface area contributed by atoms with Crippen molar-refractivity contribution in [2.45, 2.75) is 18.9 Å². The van der Waals surface area contributed by atoms with E-state index in [1.807, 2.05) is 24.3 Å². The molecule has 2 aromatic rings. The molecule has 0 aromatic heterocycles. The molecule has 1 aliphatic rings. The van der Waals surface area contributed by atoms with Crippen molar-refractivity contribution in [3.05, 3.63) is 46.4 Å². The summed E-state index contributed by atoms with van der Waals surface area (Å²) < 4.78 is 6.04. The lowest BCUT2D eigenvalue weighted by molar-refractivity contribution is 0.162. The molecule has 1 heterocycles. The number of benzene rings is 2. The minimum Gasteiger partial charge on any atom is -0.490 e. The first kappa shape index (κ1) is 22.8. The van der Waals surface area contributed by atoms with Crippen LogP contribution >= 0.6 is 23.2 Å². The Hall–Kier alpha value is -2.92. The van der Waals surface area contributed by atoms with Gasteiger partial charge in [0.1, 0.15) is 11.9 Å². The first-order valence-corrected chi connectivity index (χ1v) is 10.2. The predicted molar refractivity (Wildman–Crippen MR) is 124 cm³/mol. The number of rotatable bonds is 4. The molecule has 2 aromatic carbocycles. The molecule has 1 aliphatic heterocycles. The Morgan fingerprint density at radius 3 is 2.32 bits per heavy atom. The molecule has 0 atom stereocenters. The van der Waals surface area contributed by atoms with E-state index in [9.17, 15) is 0 Å². The van der Waals surface area contributed by atoms with Crippen LogP contribution in [-0.4, -0.2) is 31.1 Å². The van der Waals surface area contributed by atoms with Gasteiger partial charge in [-0.15, -0.1) is 0 Å². The molecule has 8 N–H and O–H groups in total. The number of guanidine groups is 2. The van der Waals surface area contributed by atoms with Gasteiger partial charge in [-0.1, -0.05) is 45.7 Å².